The van der Waals surface area contributed by atoms with Crippen LogP contribution in [0.5, 0.6) is 0 Å². The van der Waals surface area contributed by atoms with Crippen LogP contribution in [0.3, 0.4) is 0 Å². The van der Waals surface area contributed by atoms with E-state index in [1.807, 2.05) is 109 Å². The third kappa shape index (κ3) is 10.9. The number of H-pyrrole nitrogens is 3. The topological polar surface area (TPSA) is 86.0 Å². The third-order valence-electron chi connectivity index (χ3n) is 5.03. The molecule has 1 radical (unpaired) electrons. The number of aromatic nitrogens is 6. The molecule has 0 atom stereocenters. The van der Waals surface area contributed by atoms with Crippen LogP contribution < -0.4 is 16.8 Å². The SMILES string of the molecule is [CH2-]c1ccccc1.[CH2-]c1ccccc1.[CH2-]c1ccccc1.[Zr+3].c1cc(B(c2ccn[nH]2)c2ccn[nH]2)[nH]n1. The Morgan fingerprint density at radius 1 is 0.421 bits per heavy atom. The summed E-state index contributed by atoms with van der Waals surface area (Å²) in [5.74, 6) is 0. The van der Waals surface area contributed by atoms with Crippen molar-refractivity contribution in [1.29, 1.82) is 0 Å². The number of hydrogen-bond acceptors (Lipinski definition) is 3. The van der Waals surface area contributed by atoms with E-state index in [4.69, 9.17) is 0 Å². The summed E-state index contributed by atoms with van der Waals surface area (Å²) in [5.41, 5.74) is 6.20. The number of hydrogen-bond donors (Lipinski definition) is 3. The first kappa shape index (κ1) is 30.1. The van der Waals surface area contributed by atoms with Gasteiger partial charge in [-0.25, -0.2) is 0 Å². The van der Waals surface area contributed by atoms with Crippen LogP contribution in [-0.2, 0) is 26.2 Å². The van der Waals surface area contributed by atoms with Gasteiger partial charge < -0.3 is 0 Å². The Labute approximate surface area is 244 Å². The van der Waals surface area contributed by atoms with Crippen LogP contribution in [0.25, 0.3) is 0 Å². The molecule has 38 heavy (non-hydrogen) atoms. The number of nitrogens with one attached hydrogen (secondary N) is 3. The standard InChI is InChI=1S/C9H9BN6.3C7H7.Zr/c1-4-11-14-7(1)10(8-2-5-12-15-8)9-3-6-13-16-9;3*1-7-5-3-2-4-6-7;/h1-6H,(H,11,14)(H,12,15)(H,13,16);3*2-6H,1H2;/q;3*-1;+3. The number of nitrogens with zero attached hydrogens (tertiary/aromatic N) is 3. The summed E-state index contributed by atoms with van der Waals surface area (Å²) in [6.07, 6.45) is 5.19. The van der Waals surface area contributed by atoms with Gasteiger partial charge in [0.05, 0.1) is 0 Å². The zero-order valence-electron chi connectivity index (χ0n) is 21.2. The van der Waals surface area contributed by atoms with Crippen LogP contribution in [-0.4, -0.2) is 37.3 Å². The van der Waals surface area contributed by atoms with Crippen molar-refractivity contribution in [1.82, 2.24) is 30.6 Å². The van der Waals surface area contributed by atoms with Crippen LogP contribution >= 0.6 is 0 Å². The average molecular weight is 577 g/mol. The van der Waals surface area contributed by atoms with Crippen molar-refractivity contribution < 1.29 is 26.2 Å². The molecule has 3 heterocycles. The minimum Gasteiger partial charge on any atom is -0.291 e. The quantitative estimate of drug-likeness (QED) is 0.220. The molecule has 6 nitrogen and oxygen atoms in total. The first-order valence-corrected chi connectivity index (χ1v) is 11.7. The molecule has 8 heteroatoms. The van der Waals surface area contributed by atoms with E-state index in [0.717, 1.165) is 33.5 Å². The van der Waals surface area contributed by atoms with E-state index in [0.29, 0.717) is 0 Å². The van der Waals surface area contributed by atoms with Gasteiger partial charge in [0.2, 0.25) is 0 Å². The molecule has 0 unspecified atom stereocenters. The van der Waals surface area contributed by atoms with Gasteiger partial charge in [0.1, 0.15) is 0 Å². The molecule has 3 aromatic heterocycles. The second-order valence-corrected chi connectivity index (χ2v) is 7.93. The minimum absolute atomic E-state index is 0. The average Bonchev–Trinajstić information content (AvgIpc) is 3.73. The maximum absolute atomic E-state index is 3.97. The monoisotopic (exact) mass is 575 g/mol. The van der Waals surface area contributed by atoms with Crippen molar-refractivity contribution in [3.63, 3.8) is 0 Å². The van der Waals surface area contributed by atoms with Crippen LogP contribution in [0, 0.1) is 20.8 Å². The summed E-state index contributed by atoms with van der Waals surface area (Å²) in [6.45, 7) is 11.2. The maximum Gasteiger partial charge on any atom is 3.00 e. The van der Waals surface area contributed by atoms with Crippen molar-refractivity contribution in [2.75, 3.05) is 0 Å². The van der Waals surface area contributed by atoms with Gasteiger partial charge in [-0.2, -0.15) is 89.2 Å². The molecule has 0 saturated heterocycles. The van der Waals surface area contributed by atoms with Crippen LogP contribution in [0.15, 0.2) is 128 Å². The van der Waals surface area contributed by atoms with Crippen molar-refractivity contribution >= 4 is 23.5 Å². The molecule has 3 aromatic carbocycles. The fourth-order valence-electron chi connectivity index (χ4n) is 3.22. The van der Waals surface area contributed by atoms with Gasteiger partial charge in [0.15, 0.2) is 0 Å². The van der Waals surface area contributed by atoms with E-state index in [1.165, 1.54) is 0 Å². The summed E-state index contributed by atoms with van der Waals surface area (Å²) >= 11 is 0. The Hall–Kier alpha value is -4.15. The van der Waals surface area contributed by atoms with Gasteiger partial charge in [-0.3, -0.25) is 15.3 Å². The van der Waals surface area contributed by atoms with E-state index >= 15 is 0 Å². The molecule has 0 bridgehead atoms. The summed E-state index contributed by atoms with van der Waals surface area (Å²) in [7, 11) is 0. The molecule has 6 aromatic rings. The Morgan fingerprint density at radius 3 is 0.842 bits per heavy atom. The molecule has 0 aliphatic rings. The summed E-state index contributed by atoms with van der Waals surface area (Å²) in [4.78, 5) is 0. The molecule has 0 spiro atoms. The van der Waals surface area contributed by atoms with Crippen LogP contribution in [0.2, 0.25) is 0 Å². The Morgan fingerprint density at radius 2 is 0.684 bits per heavy atom. The molecule has 6 rings (SSSR count). The van der Waals surface area contributed by atoms with Crippen molar-refractivity contribution in [3.8, 4) is 0 Å². The van der Waals surface area contributed by atoms with Crippen molar-refractivity contribution in [2.24, 2.45) is 0 Å². The van der Waals surface area contributed by atoms with E-state index in [9.17, 15) is 0 Å². The maximum atomic E-state index is 3.97. The van der Waals surface area contributed by atoms with Gasteiger partial charge in [-0.05, 0) is 18.2 Å². The Balaban J connectivity index is 0.000000194. The second kappa shape index (κ2) is 17.3. The molecule has 0 amide bonds. The summed E-state index contributed by atoms with van der Waals surface area (Å²) in [6, 6.07) is 35.4. The summed E-state index contributed by atoms with van der Waals surface area (Å²) < 4.78 is 0. The van der Waals surface area contributed by atoms with Crippen molar-refractivity contribution in [3.05, 3.63) is 165 Å². The van der Waals surface area contributed by atoms with E-state index in [2.05, 4.69) is 51.4 Å². The normalized spacial score (nSPS) is 9.16. The van der Waals surface area contributed by atoms with Crippen LogP contribution in [0.1, 0.15) is 16.7 Å². The number of rotatable bonds is 3. The Bertz CT molecular complexity index is 1160. The van der Waals surface area contributed by atoms with E-state index in [1.54, 1.807) is 18.6 Å². The molecule has 0 aliphatic heterocycles. The predicted molar refractivity (Wildman–Crippen MR) is 153 cm³/mol. The van der Waals surface area contributed by atoms with Gasteiger partial charge in [-0.15, -0.1) is 36.4 Å². The fourth-order valence-corrected chi connectivity index (χ4v) is 3.22. The molecular formula is C30H30BN6Zr. The fraction of sp³-hybridized carbons (Fsp3) is 0. The van der Waals surface area contributed by atoms with Gasteiger partial charge in [-0.1, -0.05) is 18.2 Å². The van der Waals surface area contributed by atoms with Gasteiger partial charge in [0, 0.05) is 35.4 Å². The Kier molecular flexibility index (Phi) is 13.7. The largest absolute Gasteiger partial charge is 3.00 e. The number of aromatic amines is 3. The third-order valence-corrected chi connectivity index (χ3v) is 5.03. The van der Waals surface area contributed by atoms with Gasteiger partial charge >= 0.3 is 32.9 Å². The second-order valence-electron chi connectivity index (χ2n) is 7.93. The molecule has 0 saturated carbocycles. The molecule has 0 aliphatic carbocycles. The molecule has 3 N–H and O–H groups in total. The molecule has 187 valence electrons. The van der Waals surface area contributed by atoms with Crippen LogP contribution in [0.4, 0.5) is 0 Å². The zero-order valence-corrected chi connectivity index (χ0v) is 23.6. The summed E-state index contributed by atoms with van der Waals surface area (Å²) in [5, 5.41) is 20.8. The van der Waals surface area contributed by atoms with Gasteiger partial charge in [0.25, 0.3) is 0 Å². The zero-order chi connectivity index (χ0) is 26.1. The molecular weight excluding hydrogens is 546 g/mol. The van der Waals surface area contributed by atoms with E-state index < -0.39 is 0 Å². The van der Waals surface area contributed by atoms with E-state index in [-0.39, 0.29) is 32.9 Å². The molecule has 0 fully saturated rings. The smallest absolute Gasteiger partial charge is 0.291 e. The minimum atomic E-state index is 0. The predicted octanol–water partition coefficient (Wildman–Crippen LogP) is 3.98. The van der Waals surface area contributed by atoms with Crippen molar-refractivity contribution in [2.45, 2.75) is 0 Å². The first-order valence-electron chi connectivity index (χ1n) is 11.7. The first-order chi connectivity index (χ1) is 18.1. The number of benzene rings is 3.